The van der Waals surface area contributed by atoms with E-state index in [0.29, 0.717) is 13.1 Å². The molecule has 21 heavy (non-hydrogen) atoms. The van der Waals surface area contributed by atoms with Crippen molar-refractivity contribution in [1.29, 1.82) is 0 Å². The summed E-state index contributed by atoms with van der Waals surface area (Å²) in [5.74, 6) is 0.215. The monoisotopic (exact) mass is 290 g/mol. The number of carbonyl (C=O) groups is 1. The molecule has 1 heterocycles. The largest absolute Gasteiger partial charge is 0.339 e. The Morgan fingerprint density at radius 1 is 1.19 bits per heavy atom. The number of amides is 1. The lowest BCUT2D eigenvalue weighted by Crippen LogP contribution is -2.50. The number of hydrogen-bond acceptors (Lipinski definition) is 4. The van der Waals surface area contributed by atoms with Gasteiger partial charge in [0, 0.05) is 45.8 Å². The number of likely N-dealkylation sites (N-methyl/N-ethyl adjacent to an activating group) is 1. The molecule has 2 N–H and O–H groups in total. The second kappa shape index (κ2) is 8.12. The molecule has 1 aliphatic heterocycles. The maximum Gasteiger partial charge on any atom is 0.236 e. The molecule has 1 amide bonds. The van der Waals surface area contributed by atoms with Crippen molar-refractivity contribution in [2.24, 2.45) is 5.73 Å². The summed E-state index contributed by atoms with van der Waals surface area (Å²) in [4.78, 5) is 18.8. The predicted molar refractivity (Wildman–Crippen MR) is 84.9 cm³/mol. The first-order valence-electron chi connectivity index (χ1n) is 7.61. The fourth-order valence-corrected chi connectivity index (χ4v) is 2.59. The van der Waals surface area contributed by atoms with Gasteiger partial charge in [-0.2, -0.15) is 0 Å². The number of nitrogens with two attached hydrogens (primary N) is 1. The van der Waals surface area contributed by atoms with Gasteiger partial charge in [0.25, 0.3) is 0 Å². The molecule has 1 aromatic rings. The van der Waals surface area contributed by atoms with Crippen molar-refractivity contribution < 1.29 is 4.79 Å². The minimum Gasteiger partial charge on any atom is -0.339 e. The van der Waals surface area contributed by atoms with Crippen LogP contribution < -0.4 is 5.73 Å². The molecular weight excluding hydrogens is 264 g/mol. The molecule has 0 bridgehead atoms. The van der Waals surface area contributed by atoms with Crippen LogP contribution in [0.15, 0.2) is 30.3 Å². The van der Waals surface area contributed by atoms with Crippen molar-refractivity contribution in [3.63, 3.8) is 0 Å². The molecule has 0 unspecified atom stereocenters. The lowest BCUT2D eigenvalue weighted by Gasteiger charge is -2.34. The van der Waals surface area contributed by atoms with Crippen LogP contribution in [0.4, 0.5) is 0 Å². The standard InChI is InChI=1S/C16H26N4O/c1-18-9-11-20(12-10-18)16(21)14-19(8-7-17)13-15-5-3-2-4-6-15/h2-6H,7-14,17H2,1H3. The minimum atomic E-state index is 0.215. The van der Waals surface area contributed by atoms with Crippen molar-refractivity contribution in [3.8, 4) is 0 Å². The second-order valence-corrected chi connectivity index (χ2v) is 5.67. The topological polar surface area (TPSA) is 52.8 Å². The van der Waals surface area contributed by atoms with Crippen molar-refractivity contribution in [1.82, 2.24) is 14.7 Å². The zero-order chi connectivity index (χ0) is 15.1. The highest BCUT2D eigenvalue weighted by Gasteiger charge is 2.20. The lowest BCUT2D eigenvalue weighted by atomic mass is 10.2. The molecule has 0 aliphatic carbocycles. The molecule has 1 aromatic carbocycles. The van der Waals surface area contributed by atoms with Crippen LogP contribution in [0.1, 0.15) is 5.56 Å². The van der Waals surface area contributed by atoms with Crippen LogP contribution in [-0.2, 0) is 11.3 Å². The third kappa shape index (κ3) is 5.12. The highest BCUT2D eigenvalue weighted by Crippen LogP contribution is 2.06. The second-order valence-electron chi connectivity index (χ2n) is 5.67. The van der Waals surface area contributed by atoms with E-state index >= 15 is 0 Å². The summed E-state index contributed by atoms with van der Waals surface area (Å²) < 4.78 is 0. The Hall–Kier alpha value is -1.43. The molecule has 1 fully saturated rings. The Kier molecular flexibility index (Phi) is 6.17. The first-order valence-corrected chi connectivity index (χ1v) is 7.61. The third-order valence-corrected chi connectivity index (χ3v) is 3.91. The molecule has 116 valence electrons. The first kappa shape index (κ1) is 15.9. The van der Waals surface area contributed by atoms with Crippen molar-refractivity contribution in [2.45, 2.75) is 6.54 Å². The van der Waals surface area contributed by atoms with E-state index in [-0.39, 0.29) is 5.91 Å². The molecule has 0 saturated carbocycles. The zero-order valence-corrected chi connectivity index (χ0v) is 12.9. The summed E-state index contributed by atoms with van der Waals surface area (Å²) in [6, 6.07) is 10.2. The van der Waals surface area contributed by atoms with E-state index in [1.165, 1.54) is 5.56 Å². The average Bonchev–Trinajstić information content (AvgIpc) is 2.49. The Bertz CT molecular complexity index is 429. The van der Waals surface area contributed by atoms with Gasteiger partial charge in [0.15, 0.2) is 0 Å². The van der Waals surface area contributed by atoms with Crippen LogP contribution in [0.2, 0.25) is 0 Å². The normalized spacial score (nSPS) is 16.4. The summed E-state index contributed by atoms with van der Waals surface area (Å²) in [5.41, 5.74) is 6.90. The SMILES string of the molecule is CN1CCN(C(=O)CN(CCN)Cc2ccccc2)CC1. The third-order valence-electron chi connectivity index (χ3n) is 3.91. The molecular formula is C16H26N4O. The highest BCUT2D eigenvalue weighted by molar-refractivity contribution is 5.78. The molecule has 5 nitrogen and oxygen atoms in total. The van der Waals surface area contributed by atoms with Crippen molar-refractivity contribution in [3.05, 3.63) is 35.9 Å². The number of benzene rings is 1. The maximum absolute atomic E-state index is 12.4. The fourth-order valence-electron chi connectivity index (χ4n) is 2.59. The summed E-state index contributed by atoms with van der Waals surface area (Å²) in [7, 11) is 2.10. The van der Waals surface area contributed by atoms with E-state index in [4.69, 9.17) is 5.73 Å². The van der Waals surface area contributed by atoms with Gasteiger partial charge in [-0.1, -0.05) is 30.3 Å². The smallest absolute Gasteiger partial charge is 0.236 e. The Balaban J connectivity index is 1.88. The van der Waals surface area contributed by atoms with Crippen LogP contribution in [-0.4, -0.2) is 73.5 Å². The fraction of sp³-hybridized carbons (Fsp3) is 0.562. The van der Waals surface area contributed by atoms with Crippen LogP contribution in [0.3, 0.4) is 0 Å². The van der Waals surface area contributed by atoms with Gasteiger partial charge in [0.05, 0.1) is 6.54 Å². The molecule has 1 aliphatic rings. The number of carbonyl (C=O) groups excluding carboxylic acids is 1. The van der Waals surface area contributed by atoms with Crippen molar-refractivity contribution >= 4 is 5.91 Å². The van der Waals surface area contributed by atoms with E-state index < -0.39 is 0 Å². The van der Waals surface area contributed by atoms with E-state index in [2.05, 4.69) is 29.0 Å². The quantitative estimate of drug-likeness (QED) is 0.814. The predicted octanol–water partition coefficient (Wildman–Crippen LogP) is 0.221. The number of nitrogens with zero attached hydrogens (tertiary/aromatic N) is 3. The van der Waals surface area contributed by atoms with E-state index in [1.54, 1.807) is 0 Å². The van der Waals surface area contributed by atoms with Gasteiger partial charge in [-0.15, -0.1) is 0 Å². The van der Waals surface area contributed by atoms with Gasteiger partial charge in [-0.3, -0.25) is 9.69 Å². The summed E-state index contributed by atoms with van der Waals surface area (Å²) in [6.07, 6.45) is 0. The maximum atomic E-state index is 12.4. The molecule has 0 atom stereocenters. The lowest BCUT2D eigenvalue weighted by molar-refractivity contribution is -0.134. The minimum absolute atomic E-state index is 0.215. The van der Waals surface area contributed by atoms with Gasteiger partial charge in [-0.05, 0) is 12.6 Å². The van der Waals surface area contributed by atoms with Crippen LogP contribution in [0, 0.1) is 0 Å². The van der Waals surface area contributed by atoms with Crippen LogP contribution in [0.25, 0.3) is 0 Å². The van der Waals surface area contributed by atoms with Crippen LogP contribution in [0.5, 0.6) is 0 Å². The zero-order valence-electron chi connectivity index (χ0n) is 12.9. The molecule has 1 saturated heterocycles. The van der Waals surface area contributed by atoms with Crippen LogP contribution >= 0.6 is 0 Å². The summed E-state index contributed by atoms with van der Waals surface area (Å²) >= 11 is 0. The van der Waals surface area contributed by atoms with Crippen molar-refractivity contribution in [2.75, 3.05) is 52.9 Å². The molecule has 2 rings (SSSR count). The van der Waals surface area contributed by atoms with E-state index in [0.717, 1.165) is 39.3 Å². The van der Waals surface area contributed by atoms with E-state index in [9.17, 15) is 4.79 Å². The van der Waals surface area contributed by atoms with Gasteiger partial charge in [-0.25, -0.2) is 0 Å². The average molecular weight is 290 g/mol. The Morgan fingerprint density at radius 3 is 2.48 bits per heavy atom. The summed E-state index contributed by atoms with van der Waals surface area (Å²) in [5, 5.41) is 0. The molecule has 5 heteroatoms. The van der Waals surface area contributed by atoms with Gasteiger partial charge < -0.3 is 15.5 Å². The van der Waals surface area contributed by atoms with Gasteiger partial charge >= 0.3 is 0 Å². The number of hydrogen-bond donors (Lipinski definition) is 1. The molecule has 0 aromatic heterocycles. The molecule has 0 spiro atoms. The Labute approximate surface area is 127 Å². The van der Waals surface area contributed by atoms with Gasteiger partial charge in [0.1, 0.15) is 0 Å². The highest BCUT2D eigenvalue weighted by atomic mass is 16.2. The number of rotatable bonds is 6. The van der Waals surface area contributed by atoms with E-state index in [1.807, 2.05) is 23.1 Å². The first-order chi connectivity index (χ1) is 10.2. The number of piperazine rings is 1. The Morgan fingerprint density at radius 2 is 1.86 bits per heavy atom. The van der Waals surface area contributed by atoms with Gasteiger partial charge in [0.2, 0.25) is 5.91 Å². The summed E-state index contributed by atoms with van der Waals surface area (Å²) in [6.45, 7) is 6.13. The molecule has 0 radical (unpaired) electrons.